The molecule has 0 radical (unpaired) electrons. The molecule has 0 amide bonds. The van der Waals surface area contributed by atoms with E-state index in [0.29, 0.717) is 5.76 Å². The number of allylic oxidation sites excluding steroid dienone is 2. The summed E-state index contributed by atoms with van der Waals surface area (Å²) in [5, 5.41) is 10.4. The molecule has 0 aliphatic carbocycles. The van der Waals surface area contributed by atoms with Crippen molar-refractivity contribution in [2.45, 2.75) is 27.3 Å². The van der Waals surface area contributed by atoms with Gasteiger partial charge in [0.05, 0.1) is 5.69 Å². The molecule has 1 aromatic heterocycles. The average molecular weight is 190 g/mol. The largest absolute Gasteiger partial charge is 0.510 e. The van der Waals surface area contributed by atoms with Crippen LogP contribution in [0.5, 0.6) is 0 Å². The molecule has 1 aromatic rings. The number of hydrogen-bond donors (Lipinski definition) is 1. The maximum absolute atomic E-state index is 9.56. The van der Waals surface area contributed by atoms with Crippen LogP contribution in [0.2, 0.25) is 0 Å². The van der Waals surface area contributed by atoms with Crippen LogP contribution in [0.25, 0.3) is 11.8 Å². The van der Waals surface area contributed by atoms with Gasteiger partial charge in [-0.3, -0.25) is 0 Å². The molecule has 3 heteroatoms. The van der Waals surface area contributed by atoms with E-state index in [1.165, 1.54) is 5.57 Å². The zero-order chi connectivity index (χ0) is 10.3. The monoisotopic (exact) mass is 190 g/mol. The van der Waals surface area contributed by atoms with Gasteiger partial charge in [0.15, 0.2) is 0 Å². The molecule has 14 heavy (non-hydrogen) atoms. The van der Waals surface area contributed by atoms with Crippen LogP contribution in [0.15, 0.2) is 11.6 Å². The molecule has 0 saturated carbocycles. The highest BCUT2D eigenvalue weighted by atomic mass is 16.3. The lowest BCUT2D eigenvalue weighted by atomic mass is 10.2. The number of aliphatic hydroxyl groups is 1. The second-order valence-electron chi connectivity index (χ2n) is 3.76. The topological polar surface area (TPSA) is 38.1 Å². The Balaban J connectivity index is 2.82. The van der Waals surface area contributed by atoms with E-state index in [-0.39, 0.29) is 0 Å². The van der Waals surface area contributed by atoms with Crippen LogP contribution in [0.3, 0.4) is 0 Å². The third-order valence-electron chi connectivity index (χ3n) is 2.44. The summed E-state index contributed by atoms with van der Waals surface area (Å²) in [6, 6.07) is 0. The van der Waals surface area contributed by atoms with Crippen molar-refractivity contribution < 1.29 is 5.11 Å². The highest BCUT2D eigenvalue weighted by Gasteiger charge is 2.08. The van der Waals surface area contributed by atoms with Crippen molar-refractivity contribution in [2.75, 3.05) is 0 Å². The van der Waals surface area contributed by atoms with Crippen LogP contribution in [0, 0.1) is 6.92 Å². The number of aryl methyl sites for hydroxylation is 1. The van der Waals surface area contributed by atoms with Gasteiger partial charge in [0.25, 0.3) is 0 Å². The van der Waals surface area contributed by atoms with Crippen molar-refractivity contribution >= 4 is 11.8 Å². The molecular weight excluding hydrogens is 176 g/mol. The molecule has 0 bridgehead atoms. The van der Waals surface area contributed by atoms with Crippen molar-refractivity contribution in [1.29, 1.82) is 0 Å². The number of imidazole rings is 1. The normalized spacial score (nSPS) is 16.9. The molecule has 0 unspecified atom stereocenters. The third kappa shape index (κ3) is 1.25. The smallest absolute Gasteiger partial charge is 0.133 e. The molecule has 0 atom stereocenters. The summed E-state index contributed by atoms with van der Waals surface area (Å²) in [5.41, 5.74) is 3.09. The highest BCUT2D eigenvalue weighted by molar-refractivity contribution is 5.40. The summed E-state index contributed by atoms with van der Waals surface area (Å²) in [7, 11) is 0. The Morgan fingerprint density at radius 1 is 1.43 bits per heavy atom. The van der Waals surface area contributed by atoms with Crippen molar-refractivity contribution in [3.8, 4) is 0 Å². The van der Waals surface area contributed by atoms with Crippen LogP contribution < -0.4 is 10.8 Å². The molecule has 0 fully saturated rings. The second kappa shape index (κ2) is 3.01. The van der Waals surface area contributed by atoms with Gasteiger partial charge in [0.2, 0.25) is 0 Å². The lowest BCUT2D eigenvalue weighted by Crippen LogP contribution is -2.31. The van der Waals surface area contributed by atoms with Crippen molar-refractivity contribution in [3.63, 3.8) is 0 Å². The van der Waals surface area contributed by atoms with Gasteiger partial charge in [0.1, 0.15) is 16.6 Å². The lowest BCUT2D eigenvalue weighted by molar-refractivity contribution is 0.490. The number of aromatic nitrogens is 2. The first-order valence-electron chi connectivity index (χ1n) is 4.70. The van der Waals surface area contributed by atoms with E-state index in [1.54, 1.807) is 6.92 Å². The molecule has 1 aliphatic rings. The van der Waals surface area contributed by atoms with Gasteiger partial charge in [-0.15, -0.1) is 0 Å². The summed E-state index contributed by atoms with van der Waals surface area (Å²) in [5.74, 6) is 0.337. The van der Waals surface area contributed by atoms with Crippen LogP contribution in [0.1, 0.15) is 19.5 Å². The quantitative estimate of drug-likeness (QED) is 0.651. The van der Waals surface area contributed by atoms with Gasteiger partial charge in [-0.1, -0.05) is 11.6 Å². The summed E-state index contributed by atoms with van der Waals surface area (Å²) < 4.78 is 2.04. The average Bonchev–Trinajstić information content (AvgIpc) is 2.40. The van der Waals surface area contributed by atoms with Gasteiger partial charge in [-0.05, 0) is 26.8 Å². The number of fused-ring (bicyclic) bond motifs is 1. The summed E-state index contributed by atoms with van der Waals surface area (Å²) in [6.45, 7) is 6.51. The maximum atomic E-state index is 9.56. The van der Waals surface area contributed by atoms with Gasteiger partial charge < -0.3 is 9.67 Å². The fraction of sp³-hybridized carbons (Fsp3) is 0.364. The molecule has 0 spiro atoms. The van der Waals surface area contributed by atoms with E-state index in [1.807, 2.05) is 17.6 Å². The number of hydrogen-bond acceptors (Lipinski definition) is 2. The summed E-state index contributed by atoms with van der Waals surface area (Å²) >= 11 is 0. The minimum atomic E-state index is 0.337. The second-order valence-corrected chi connectivity index (χ2v) is 3.76. The van der Waals surface area contributed by atoms with E-state index in [9.17, 15) is 5.11 Å². The predicted molar refractivity (Wildman–Crippen MR) is 56.1 cm³/mol. The van der Waals surface area contributed by atoms with Crippen molar-refractivity contribution in [1.82, 2.24) is 9.55 Å². The molecule has 0 aromatic carbocycles. The third-order valence-corrected chi connectivity index (χ3v) is 2.44. The van der Waals surface area contributed by atoms with E-state index in [2.05, 4.69) is 18.0 Å². The fourth-order valence-electron chi connectivity index (χ4n) is 1.86. The van der Waals surface area contributed by atoms with Crippen LogP contribution in [-0.4, -0.2) is 14.7 Å². The Morgan fingerprint density at radius 3 is 2.79 bits per heavy atom. The highest BCUT2D eigenvalue weighted by Crippen LogP contribution is 2.00. The summed E-state index contributed by atoms with van der Waals surface area (Å²) in [4.78, 5) is 4.39. The van der Waals surface area contributed by atoms with E-state index in [4.69, 9.17) is 0 Å². The molecule has 74 valence electrons. The first-order valence-corrected chi connectivity index (χ1v) is 4.70. The number of nitrogens with zero attached hydrogens (tertiary/aromatic N) is 2. The zero-order valence-corrected chi connectivity index (χ0v) is 8.70. The van der Waals surface area contributed by atoms with Gasteiger partial charge >= 0.3 is 0 Å². The van der Waals surface area contributed by atoms with E-state index >= 15 is 0 Å². The maximum Gasteiger partial charge on any atom is 0.133 e. The van der Waals surface area contributed by atoms with E-state index in [0.717, 1.165) is 23.1 Å². The van der Waals surface area contributed by atoms with Crippen LogP contribution >= 0.6 is 0 Å². The molecule has 0 saturated heterocycles. The fourth-order valence-corrected chi connectivity index (χ4v) is 1.86. The standard InChI is InChI=1S/C11H14N2O/c1-7-4-5-10-12-8(2)11(9(3)14)13(10)6-7/h4-5,14H,6H2,1-3H3. The SMILES string of the molecule is CC1=CC=c2nc(C)c(=C(C)O)n2C1. The van der Waals surface area contributed by atoms with Gasteiger partial charge in [0, 0.05) is 6.54 Å². The van der Waals surface area contributed by atoms with Gasteiger partial charge in [-0.2, -0.15) is 0 Å². The Bertz CT molecular complexity index is 516. The molecule has 1 N–H and O–H groups in total. The predicted octanol–water partition coefficient (Wildman–Crippen LogP) is 0.618. The van der Waals surface area contributed by atoms with Crippen LogP contribution in [0.4, 0.5) is 0 Å². The Hall–Kier alpha value is -1.51. The minimum absolute atomic E-state index is 0.337. The lowest BCUT2D eigenvalue weighted by Gasteiger charge is -2.08. The van der Waals surface area contributed by atoms with Crippen LogP contribution in [-0.2, 0) is 6.54 Å². The Morgan fingerprint density at radius 2 is 2.14 bits per heavy atom. The summed E-state index contributed by atoms with van der Waals surface area (Å²) in [6.07, 6.45) is 4.05. The number of rotatable bonds is 0. The molecule has 2 rings (SSSR count). The van der Waals surface area contributed by atoms with Gasteiger partial charge in [-0.25, -0.2) is 4.98 Å². The molecule has 3 nitrogen and oxygen atoms in total. The van der Waals surface area contributed by atoms with Crippen molar-refractivity contribution in [2.24, 2.45) is 0 Å². The van der Waals surface area contributed by atoms with Crippen molar-refractivity contribution in [3.05, 3.63) is 28.2 Å². The Labute approximate surface area is 82.7 Å². The van der Waals surface area contributed by atoms with E-state index < -0.39 is 0 Å². The molecule has 2 heterocycles. The molecule has 1 aliphatic heterocycles. The first-order chi connectivity index (χ1) is 6.59. The Kier molecular flexibility index (Phi) is 1.95. The first kappa shape index (κ1) is 9.06. The zero-order valence-electron chi connectivity index (χ0n) is 8.70. The number of aliphatic hydroxyl groups excluding tert-OH is 1. The minimum Gasteiger partial charge on any atom is -0.510 e. The molecular formula is C11H14N2O.